The van der Waals surface area contributed by atoms with Crippen molar-refractivity contribution in [2.24, 2.45) is 0 Å². The maximum absolute atomic E-state index is 13.1. The van der Waals surface area contributed by atoms with Gasteiger partial charge < -0.3 is 0 Å². The molecule has 0 saturated heterocycles. The van der Waals surface area contributed by atoms with Crippen LogP contribution in [0.25, 0.3) is 0 Å². The normalized spacial score (nSPS) is 12.9. The van der Waals surface area contributed by atoms with Gasteiger partial charge in [-0.15, -0.1) is 0 Å². The van der Waals surface area contributed by atoms with E-state index in [0.717, 1.165) is 12.5 Å². The molecule has 0 saturated carbocycles. The molecule has 1 aromatic carbocycles. The first-order valence-electron chi connectivity index (χ1n) is 4.22. The lowest BCUT2D eigenvalue weighted by Crippen LogP contribution is -2.03. The van der Waals surface area contributed by atoms with Gasteiger partial charge in [-0.05, 0) is 24.5 Å². The third-order valence-electron chi connectivity index (χ3n) is 1.92. The lowest BCUT2D eigenvalue weighted by atomic mass is 10.1. The molecule has 0 aliphatic rings. The van der Waals surface area contributed by atoms with Crippen molar-refractivity contribution in [3.8, 4) is 0 Å². The molecule has 0 nitrogen and oxygen atoms in total. The van der Waals surface area contributed by atoms with Gasteiger partial charge in [0.15, 0.2) is 11.6 Å². The standard InChI is InChI=1S/C10H11BrF2/c1-2-8(11)6-7-4-3-5-9(12)10(7)13/h3-5,8H,2,6H2,1H3. The Balaban J connectivity index is 2.83. The fraction of sp³-hybridized carbons (Fsp3) is 0.400. The second-order valence-corrected chi connectivity index (χ2v) is 4.22. The minimum absolute atomic E-state index is 0.212. The van der Waals surface area contributed by atoms with Crippen LogP contribution >= 0.6 is 15.9 Å². The van der Waals surface area contributed by atoms with Crippen molar-refractivity contribution in [1.82, 2.24) is 0 Å². The lowest BCUT2D eigenvalue weighted by Gasteiger charge is -2.07. The molecule has 0 heterocycles. The molecular formula is C10H11BrF2. The molecule has 0 fully saturated rings. The van der Waals surface area contributed by atoms with Gasteiger partial charge in [-0.1, -0.05) is 35.0 Å². The number of halogens is 3. The SMILES string of the molecule is CCC(Br)Cc1cccc(F)c1F. The van der Waals surface area contributed by atoms with Gasteiger partial charge in [0.1, 0.15) is 0 Å². The fourth-order valence-corrected chi connectivity index (χ4v) is 1.44. The lowest BCUT2D eigenvalue weighted by molar-refractivity contribution is 0.497. The minimum Gasteiger partial charge on any atom is -0.204 e. The number of benzene rings is 1. The van der Waals surface area contributed by atoms with E-state index in [1.165, 1.54) is 6.07 Å². The molecular weight excluding hydrogens is 238 g/mol. The van der Waals surface area contributed by atoms with Crippen molar-refractivity contribution in [2.45, 2.75) is 24.6 Å². The summed E-state index contributed by atoms with van der Waals surface area (Å²) < 4.78 is 25.8. The van der Waals surface area contributed by atoms with Crippen LogP contribution in [-0.2, 0) is 6.42 Å². The Bertz CT molecular complexity index is 286. The van der Waals surface area contributed by atoms with Gasteiger partial charge in [0, 0.05) is 4.83 Å². The summed E-state index contributed by atoms with van der Waals surface area (Å²) in [7, 11) is 0. The van der Waals surface area contributed by atoms with E-state index in [4.69, 9.17) is 0 Å². The maximum atomic E-state index is 13.1. The van der Waals surface area contributed by atoms with Crippen molar-refractivity contribution >= 4 is 15.9 Å². The van der Waals surface area contributed by atoms with Gasteiger partial charge in [-0.3, -0.25) is 0 Å². The first-order valence-corrected chi connectivity index (χ1v) is 5.13. The molecule has 1 aromatic rings. The zero-order chi connectivity index (χ0) is 9.84. The molecule has 0 N–H and O–H groups in total. The van der Waals surface area contributed by atoms with Gasteiger partial charge in [-0.2, -0.15) is 0 Å². The quantitative estimate of drug-likeness (QED) is 0.717. The van der Waals surface area contributed by atoms with Crippen molar-refractivity contribution in [3.63, 3.8) is 0 Å². The third kappa shape index (κ3) is 2.76. The van der Waals surface area contributed by atoms with E-state index < -0.39 is 11.6 Å². The molecule has 0 spiro atoms. The van der Waals surface area contributed by atoms with Crippen LogP contribution in [0, 0.1) is 11.6 Å². The predicted octanol–water partition coefficient (Wildman–Crippen LogP) is 3.68. The molecule has 0 bridgehead atoms. The van der Waals surface area contributed by atoms with Crippen LogP contribution in [0.2, 0.25) is 0 Å². The zero-order valence-electron chi connectivity index (χ0n) is 7.36. The third-order valence-corrected chi connectivity index (χ3v) is 2.89. The Morgan fingerprint density at radius 3 is 2.69 bits per heavy atom. The molecule has 0 aliphatic carbocycles. The van der Waals surface area contributed by atoms with Gasteiger partial charge in [0.2, 0.25) is 0 Å². The monoisotopic (exact) mass is 248 g/mol. The highest BCUT2D eigenvalue weighted by Crippen LogP contribution is 2.17. The summed E-state index contributed by atoms with van der Waals surface area (Å²) in [6, 6.07) is 4.28. The summed E-state index contributed by atoms with van der Waals surface area (Å²) in [5.41, 5.74) is 0.434. The van der Waals surface area contributed by atoms with E-state index in [1.807, 2.05) is 6.92 Å². The van der Waals surface area contributed by atoms with Crippen LogP contribution < -0.4 is 0 Å². The number of alkyl halides is 1. The number of hydrogen-bond donors (Lipinski definition) is 0. The fourth-order valence-electron chi connectivity index (χ4n) is 1.09. The second-order valence-electron chi connectivity index (χ2n) is 2.92. The van der Waals surface area contributed by atoms with Crippen molar-refractivity contribution in [1.29, 1.82) is 0 Å². The van der Waals surface area contributed by atoms with Crippen LogP contribution in [0.15, 0.2) is 18.2 Å². The van der Waals surface area contributed by atoms with Crippen LogP contribution in [0.3, 0.4) is 0 Å². The Hall–Kier alpha value is -0.440. The molecule has 0 radical (unpaired) electrons. The highest BCUT2D eigenvalue weighted by atomic mass is 79.9. The maximum Gasteiger partial charge on any atom is 0.162 e. The predicted molar refractivity (Wildman–Crippen MR) is 53.1 cm³/mol. The average molecular weight is 249 g/mol. The molecule has 72 valence electrons. The summed E-state index contributed by atoms with van der Waals surface area (Å²) in [5.74, 6) is -1.49. The first-order chi connectivity index (χ1) is 6.15. The molecule has 0 amide bonds. The Labute approximate surface area is 85.1 Å². The molecule has 0 aliphatic heterocycles. The average Bonchev–Trinajstić information content (AvgIpc) is 2.13. The molecule has 1 rings (SSSR count). The van der Waals surface area contributed by atoms with E-state index in [9.17, 15) is 8.78 Å². The topological polar surface area (TPSA) is 0 Å². The smallest absolute Gasteiger partial charge is 0.162 e. The number of rotatable bonds is 3. The van der Waals surface area contributed by atoms with Gasteiger partial charge in [0.25, 0.3) is 0 Å². The Morgan fingerprint density at radius 1 is 1.38 bits per heavy atom. The van der Waals surface area contributed by atoms with Crippen LogP contribution in [0.1, 0.15) is 18.9 Å². The first kappa shape index (κ1) is 10.6. The van der Waals surface area contributed by atoms with E-state index in [2.05, 4.69) is 15.9 Å². The van der Waals surface area contributed by atoms with E-state index in [-0.39, 0.29) is 4.83 Å². The van der Waals surface area contributed by atoms with Crippen LogP contribution in [0.4, 0.5) is 8.78 Å². The summed E-state index contributed by atoms with van der Waals surface area (Å²) in [6.07, 6.45) is 1.43. The van der Waals surface area contributed by atoms with Crippen molar-refractivity contribution < 1.29 is 8.78 Å². The van der Waals surface area contributed by atoms with E-state index in [0.29, 0.717) is 12.0 Å². The Morgan fingerprint density at radius 2 is 2.08 bits per heavy atom. The van der Waals surface area contributed by atoms with Gasteiger partial charge in [-0.25, -0.2) is 8.78 Å². The highest BCUT2D eigenvalue weighted by Gasteiger charge is 2.10. The van der Waals surface area contributed by atoms with E-state index >= 15 is 0 Å². The molecule has 3 heteroatoms. The summed E-state index contributed by atoms with van der Waals surface area (Å²) in [5, 5.41) is 0. The van der Waals surface area contributed by atoms with Crippen molar-refractivity contribution in [2.75, 3.05) is 0 Å². The van der Waals surface area contributed by atoms with Gasteiger partial charge >= 0.3 is 0 Å². The van der Waals surface area contributed by atoms with Gasteiger partial charge in [0.05, 0.1) is 0 Å². The van der Waals surface area contributed by atoms with E-state index in [1.54, 1.807) is 6.07 Å². The number of hydrogen-bond acceptors (Lipinski definition) is 0. The zero-order valence-corrected chi connectivity index (χ0v) is 8.94. The van der Waals surface area contributed by atoms with Crippen LogP contribution in [-0.4, -0.2) is 4.83 Å². The summed E-state index contributed by atoms with van der Waals surface area (Å²) in [6.45, 7) is 2.00. The van der Waals surface area contributed by atoms with Crippen molar-refractivity contribution in [3.05, 3.63) is 35.4 Å². The Kier molecular flexibility index (Phi) is 3.85. The highest BCUT2D eigenvalue weighted by molar-refractivity contribution is 9.09. The second kappa shape index (κ2) is 4.70. The largest absolute Gasteiger partial charge is 0.204 e. The molecule has 1 unspecified atom stereocenters. The molecule has 0 aromatic heterocycles. The molecule has 13 heavy (non-hydrogen) atoms. The summed E-state index contributed by atoms with van der Waals surface area (Å²) >= 11 is 3.38. The summed E-state index contributed by atoms with van der Waals surface area (Å²) in [4.78, 5) is 0.212. The van der Waals surface area contributed by atoms with Crippen LogP contribution in [0.5, 0.6) is 0 Å². The molecule has 1 atom stereocenters. The minimum atomic E-state index is -0.770.